The van der Waals surface area contributed by atoms with Gasteiger partial charge in [0.1, 0.15) is 23.9 Å². The van der Waals surface area contributed by atoms with Crippen LogP contribution >= 0.6 is 0 Å². The molecule has 1 atom stereocenters. The Morgan fingerprint density at radius 1 is 1.09 bits per heavy atom. The van der Waals surface area contributed by atoms with Gasteiger partial charge in [0, 0.05) is 73.1 Å². The van der Waals surface area contributed by atoms with Crippen molar-refractivity contribution in [1.29, 1.82) is 0 Å². The second-order valence-corrected chi connectivity index (χ2v) is 11.2. The number of anilines is 5. The van der Waals surface area contributed by atoms with Crippen molar-refractivity contribution < 1.29 is 21.9 Å². The number of fused-ring (bicyclic) bond motifs is 1. The summed E-state index contributed by atoms with van der Waals surface area (Å²) < 4.78 is 65.7. The molecule has 2 aromatic carbocycles. The number of H-pyrrole nitrogens is 1. The number of para-hydroxylation sites is 1. The Bertz CT molecular complexity index is 1770. The number of alkyl halides is 3. The van der Waals surface area contributed by atoms with Crippen LogP contribution in [0.5, 0.6) is 0 Å². The third-order valence-corrected chi connectivity index (χ3v) is 7.81. The molecule has 236 valence electrons. The van der Waals surface area contributed by atoms with Crippen molar-refractivity contribution >= 4 is 57.0 Å². The van der Waals surface area contributed by atoms with Gasteiger partial charge in [0.15, 0.2) is 5.82 Å². The number of hydrogen-bond donors (Lipinski definition) is 4. The van der Waals surface area contributed by atoms with E-state index in [-0.39, 0.29) is 18.2 Å². The molecular weight excluding hydrogens is 611 g/mol. The van der Waals surface area contributed by atoms with Crippen molar-refractivity contribution in [3.8, 4) is 0 Å². The van der Waals surface area contributed by atoms with Gasteiger partial charge in [0.2, 0.25) is 5.95 Å². The normalized spacial score (nSPS) is 16.6. The summed E-state index contributed by atoms with van der Waals surface area (Å²) in [6.07, 6.45) is -0.106. The first-order chi connectivity index (χ1) is 21.6. The highest BCUT2D eigenvalue weighted by molar-refractivity contribution is 7.77. The molecule has 4 N–H and O–H groups in total. The fourth-order valence-corrected chi connectivity index (χ4v) is 5.29. The molecule has 6 rings (SSSR count). The van der Waals surface area contributed by atoms with Crippen LogP contribution in [0.1, 0.15) is 11.1 Å². The van der Waals surface area contributed by atoms with Gasteiger partial charge in [-0.15, -0.1) is 0 Å². The fourth-order valence-electron chi connectivity index (χ4n) is 5.02. The first-order valence-electron chi connectivity index (χ1n) is 13.9. The number of aromatic nitrogens is 4. The van der Waals surface area contributed by atoms with Gasteiger partial charge >= 0.3 is 6.18 Å². The second kappa shape index (κ2) is 12.8. The van der Waals surface area contributed by atoms with Crippen molar-refractivity contribution in [2.24, 2.45) is 4.99 Å². The first-order valence-corrected chi connectivity index (χ1v) is 15.0. The molecule has 1 fully saturated rings. The van der Waals surface area contributed by atoms with E-state index in [1.165, 1.54) is 6.07 Å². The minimum Gasteiger partial charge on any atom is -0.760 e. The molecule has 4 aromatic rings. The highest BCUT2D eigenvalue weighted by Gasteiger charge is 2.35. The molecule has 1 unspecified atom stereocenters. The molecular formula is C28H29F3N11O2S-. The van der Waals surface area contributed by atoms with Crippen LogP contribution in [0, 0.1) is 0 Å². The topological polar surface area (TPSA) is 153 Å². The number of hydrogen-bond acceptors (Lipinski definition) is 11. The Balaban J connectivity index is 1.19. The smallest absolute Gasteiger partial charge is 0.421 e. The number of likely N-dealkylation sites (N-methyl/N-ethyl adjacent to an activating group) is 1. The molecule has 17 heteroatoms. The molecule has 13 nitrogen and oxygen atoms in total. The molecule has 0 spiro atoms. The molecule has 2 aromatic heterocycles. The van der Waals surface area contributed by atoms with Crippen molar-refractivity contribution in [3.05, 3.63) is 72.1 Å². The average molecular weight is 641 g/mol. The van der Waals surface area contributed by atoms with Crippen LogP contribution in [-0.4, -0.2) is 84.5 Å². The van der Waals surface area contributed by atoms with Gasteiger partial charge in [-0.3, -0.25) is 9.31 Å². The predicted molar refractivity (Wildman–Crippen MR) is 165 cm³/mol. The van der Waals surface area contributed by atoms with Gasteiger partial charge < -0.3 is 29.9 Å². The average Bonchev–Trinajstić information content (AvgIpc) is 3.44. The Morgan fingerprint density at radius 3 is 2.62 bits per heavy atom. The molecule has 0 aliphatic carbocycles. The van der Waals surface area contributed by atoms with Crippen molar-refractivity contribution in [2.45, 2.75) is 12.7 Å². The minimum absolute atomic E-state index is 0.0782. The lowest BCUT2D eigenvalue weighted by Crippen LogP contribution is -2.47. The van der Waals surface area contributed by atoms with E-state index in [0.717, 1.165) is 37.4 Å². The van der Waals surface area contributed by atoms with E-state index in [0.29, 0.717) is 35.5 Å². The molecule has 4 heterocycles. The van der Waals surface area contributed by atoms with E-state index in [2.05, 4.69) is 52.4 Å². The van der Waals surface area contributed by atoms with E-state index < -0.39 is 28.8 Å². The zero-order chi connectivity index (χ0) is 31.6. The largest absolute Gasteiger partial charge is 0.760 e. The lowest BCUT2D eigenvalue weighted by Gasteiger charge is -2.35. The van der Waals surface area contributed by atoms with Gasteiger partial charge in [-0.25, -0.2) is 14.7 Å². The van der Waals surface area contributed by atoms with E-state index in [4.69, 9.17) is 4.99 Å². The summed E-state index contributed by atoms with van der Waals surface area (Å²) in [5, 5.41) is 14.0. The minimum atomic E-state index is -4.74. The first kappa shape index (κ1) is 30.4. The van der Waals surface area contributed by atoms with Crippen molar-refractivity contribution in [1.82, 2.24) is 34.7 Å². The SMILES string of the molecule is CN1CCN(C2=NCN(c3n[nH]c4cc(Nc5ncc(C(F)(F)F)c(Nc6ccccc6CNS(=O)[O-])n5)ccc34)C=C2)CC1. The Hall–Kier alpha value is -4.58. The Morgan fingerprint density at radius 2 is 1.89 bits per heavy atom. The van der Waals surface area contributed by atoms with Crippen LogP contribution in [0.2, 0.25) is 0 Å². The summed E-state index contributed by atoms with van der Waals surface area (Å²) in [6, 6.07) is 11.7. The summed E-state index contributed by atoms with van der Waals surface area (Å²) in [5.41, 5.74) is 0.817. The van der Waals surface area contributed by atoms with Crippen LogP contribution in [0.25, 0.3) is 10.9 Å². The third-order valence-electron chi connectivity index (χ3n) is 7.43. The summed E-state index contributed by atoms with van der Waals surface area (Å²) >= 11 is -2.54. The summed E-state index contributed by atoms with van der Waals surface area (Å²) in [5.74, 6) is 1.08. The highest BCUT2D eigenvalue weighted by atomic mass is 32.2. The Labute approximate surface area is 258 Å². The highest BCUT2D eigenvalue weighted by Crippen LogP contribution is 2.36. The molecule has 2 aliphatic heterocycles. The van der Waals surface area contributed by atoms with Crippen LogP contribution < -0.4 is 20.3 Å². The summed E-state index contributed by atoms with van der Waals surface area (Å²) in [6.45, 7) is 4.13. The lowest BCUT2D eigenvalue weighted by molar-refractivity contribution is -0.137. The van der Waals surface area contributed by atoms with Crippen molar-refractivity contribution in [3.63, 3.8) is 0 Å². The van der Waals surface area contributed by atoms with E-state index in [1.54, 1.807) is 30.3 Å². The van der Waals surface area contributed by atoms with Crippen molar-refractivity contribution in [2.75, 3.05) is 55.4 Å². The van der Waals surface area contributed by atoms with Crippen LogP contribution in [0.3, 0.4) is 0 Å². The maximum Gasteiger partial charge on any atom is 0.421 e. The third kappa shape index (κ3) is 7.06. The number of aromatic amines is 1. The molecule has 0 radical (unpaired) electrons. The number of piperazine rings is 1. The second-order valence-electron chi connectivity index (χ2n) is 10.5. The maximum atomic E-state index is 13.9. The number of halogens is 3. The summed E-state index contributed by atoms with van der Waals surface area (Å²) in [4.78, 5) is 19.2. The number of benzene rings is 2. The van der Waals surface area contributed by atoms with Gasteiger partial charge in [-0.05, 0) is 43.0 Å². The predicted octanol–water partition coefficient (Wildman–Crippen LogP) is 3.68. The van der Waals surface area contributed by atoms with E-state index >= 15 is 0 Å². The lowest BCUT2D eigenvalue weighted by atomic mass is 10.1. The molecule has 0 saturated carbocycles. The molecule has 2 aliphatic rings. The van der Waals surface area contributed by atoms with Crippen LogP contribution in [0.4, 0.5) is 42.1 Å². The number of amidine groups is 1. The quantitative estimate of drug-likeness (QED) is 0.210. The van der Waals surface area contributed by atoms with Gasteiger partial charge in [0.05, 0.1) is 5.52 Å². The zero-order valence-electron chi connectivity index (χ0n) is 24.0. The van der Waals surface area contributed by atoms with Gasteiger partial charge in [-0.1, -0.05) is 18.2 Å². The number of nitrogens with zero attached hydrogens (tertiary/aromatic N) is 7. The van der Waals surface area contributed by atoms with Gasteiger partial charge in [0.25, 0.3) is 0 Å². The van der Waals surface area contributed by atoms with E-state index in [1.807, 2.05) is 23.2 Å². The maximum absolute atomic E-state index is 13.9. The molecule has 1 saturated heterocycles. The standard InChI is InChI=1S/C28H30F3N11O2S/c1-40-10-12-41(13-11-40)24-8-9-42(17-33-24)26-20-7-6-19(14-23(20)38-39-26)35-27-32-16-21(28(29,30)31)25(37-27)36-22-5-3-2-4-18(22)15-34-45(43)44/h2-9,14,16,34H,10-13,15,17H2,1H3,(H,38,39)(H,43,44)(H2,32,35,36,37)/p-1. The monoisotopic (exact) mass is 640 g/mol. The number of aliphatic imine (C=N–C) groups is 1. The summed E-state index contributed by atoms with van der Waals surface area (Å²) in [7, 11) is 2.11. The van der Waals surface area contributed by atoms with E-state index in [9.17, 15) is 21.9 Å². The Kier molecular flexibility index (Phi) is 8.66. The zero-order valence-corrected chi connectivity index (χ0v) is 24.8. The fraction of sp³-hybridized carbons (Fsp3) is 0.286. The molecule has 0 bridgehead atoms. The molecule has 0 amide bonds. The van der Waals surface area contributed by atoms with Gasteiger partial charge in [-0.2, -0.15) is 23.3 Å². The van der Waals surface area contributed by atoms with Crippen LogP contribution in [-0.2, 0) is 24.0 Å². The molecule has 45 heavy (non-hydrogen) atoms. The number of nitrogens with one attached hydrogen (secondary N) is 4. The van der Waals surface area contributed by atoms with Crippen LogP contribution in [0.15, 0.2) is 65.9 Å². The number of rotatable bonds is 8.